The summed E-state index contributed by atoms with van der Waals surface area (Å²) in [6.07, 6.45) is 1.40. The Bertz CT molecular complexity index is 636. The summed E-state index contributed by atoms with van der Waals surface area (Å²) in [5, 5.41) is 3.17. The minimum Gasteiger partial charge on any atom is -0.383 e. The smallest absolute Gasteiger partial charge is 0.244 e. The summed E-state index contributed by atoms with van der Waals surface area (Å²) in [4.78, 5) is 12.5. The average molecular weight is 363 g/mol. The third-order valence-corrected chi connectivity index (χ3v) is 4.61. The number of hydrogen-bond donors (Lipinski definition) is 1. The van der Waals surface area contributed by atoms with Crippen molar-refractivity contribution in [3.05, 3.63) is 29.3 Å². The van der Waals surface area contributed by atoms with E-state index in [9.17, 15) is 13.2 Å². The fraction of sp³-hybridized carbons (Fsp3) is 0.533. The molecule has 0 spiro atoms. The molecule has 23 heavy (non-hydrogen) atoms. The highest BCUT2D eigenvalue weighted by Crippen LogP contribution is 2.25. The zero-order valence-corrected chi connectivity index (χ0v) is 15.3. The molecular weight excluding hydrogens is 340 g/mol. The van der Waals surface area contributed by atoms with Crippen LogP contribution in [0.5, 0.6) is 0 Å². The van der Waals surface area contributed by atoms with E-state index in [0.717, 1.165) is 10.6 Å². The van der Waals surface area contributed by atoms with Crippen LogP contribution < -0.4 is 9.62 Å². The molecule has 6 nitrogen and oxygen atoms in total. The van der Waals surface area contributed by atoms with E-state index >= 15 is 0 Å². The van der Waals surface area contributed by atoms with Crippen molar-refractivity contribution in [1.82, 2.24) is 5.32 Å². The van der Waals surface area contributed by atoms with Gasteiger partial charge < -0.3 is 10.1 Å². The summed E-state index contributed by atoms with van der Waals surface area (Å²) >= 11 is 5.95. The molecular formula is C15H23ClN2O4S. The molecule has 2 atom stereocenters. The van der Waals surface area contributed by atoms with E-state index in [1.54, 1.807) is 32.0 Å². The summed E-state index contributed by atoms with van der Waals surface area (Å²) in [7, 11) is -2.12. The largest absolute Gasteiger partial charge is 0.383 e. The summed E-state index contributed by atoms with van der Waals surface area (Å²) in [6.45, 7) is 3.89. The number of ether oxygens (including phenoxy) is 1. The molecule has 130 valence electrons. The zero-order chi connectivity index (χ0) is 17.6. The molecule has 0 aromatic heterocycles. The average Bonchev–Trinajstić information content (AvgIpc) is 2.43. The van der Waals surface area contributed by atoms with Crippen LogP contribution in [-0.2, 0) is 19.6 Å². The van der Waals surface area contributed by atoms with E-state index in [4.69, 9.17) is 16.3 Å². The molecule has 0 aliphatic heterocycles. The summed E-state index contributed by atoms with van der Waals surface area (Å²) in [5.41, 5.74) is 0.362. The summed E-state index contributed by atoms with van der Waals surface area (Å²) in [5.74, 6) is -0.373. The van der Waals surface area contributed by atoms with Gasteiger partial charge in [0.25, 0.3) is 0 Å². The first-order valence-electron chi connectivity index (χ1n) is 7.25. The number of benzene rings is 1. The van der Waals surface area contributed by atoms with Gasteiger partial charge in [-0.3, -0.25) is 9.10 Å². The van der Waals surface area contributed by atoms with Crippen molar-refractivity contribution in [2.24, 2.45) is 0 Å². The van der Waals surface area contributed by atoms with Gasteiger partial charge in [-0.1, -0.05) is 24.6 Å². The van der Waals surface area contributed by atoms with Crippen molar-refractivity contribution < 1.29 is 17.9 Å². The maximum absolute atomic E-state index is 12.5. The third kappa shape index (κ3) is 5.67. The Hall–Kier alpha value is -1.31. The number of amides is 1. The Labute approximate surface area is 142 Å². The van der Waals surface area contributed by atoms with Gasteiger partial charge in [-0.15, -0.1) is 0 Å². The van der Waals surface area contributed by atoms with Gasteiger partial charge in [0.05, 0.1) is 18.6 Å². The number of rotatable bonds is 8. The van der Waals surface area contributed by atoms with Gasteiger partial charge in [0.1, 0.15) is 6.04 Å². The van der Waals surface area contributed by atoms with Crippen molar-refractivity contribution in [3.63, 3.8) is 0 Å². The molecule has 1 N–H and O–H groups in total. The van der Waals surface area contributed by atoms with Crippen LogP contribution in [0.3, 0.4) is 0 Å². The summed E-state index contributed by atoms with van der Waals surface area (Å²) < 4.78 is 30.6. The monoisotopic (exact) mass is 362 g/mol. The molecule has 8 heteroatoms. The lowest BCUT2D eigenvalue weighted by molar-refractivity contribution is -0.123. The number of hydrogen-bond acceptors (Lipinski definition) is 4. The highest BCUT2D eigenvalue weighted by Gasteiger charge is 2.32. The van der Waals surface area contributed by atoms with Gasteiger partial charge >= 0.3 is 0 Å². The van der Waals surface area contributed by atoms with Crippen molar-refractivity contribution in [2.45, 2.75) is 32.4 Å². The first-order chi connectivity index (χ1) is 10.7. The predicted octanol–water partition coefficient (Wildman–Crippen LogP) is 2.04. The molecule has 0 unspecified atom stereocenters. The van der Waals surface area contributed by atoms with E-state index in [1.807, 2.05) is 0 Å². The first kappa shape index (κ1) is 19.7. The number of sulfonamides is 1. The number of methoxy groups -OCH3 is 1. The molecule has 0 saturated heterocycles. The molecule has 1 aromatic rings. The lowest BCUT2D eigenvalue weighted by atomic mass is 10.1. The van der Waals surface area contributed by atoms with Gasteiger partial charge in [-0.2, -0.15) is 0 Å². The van der Waals surface area contributed by atoms with Gasteiger partial charge in [-0.05, 0) is 31.5 Å². The number of nitrogens with zero attached hydrogens (tertiary/aromatic N) is 1. The van der Waals surface area contributed by atoms with Crippen molar-refractivity contribution in [1.29, 1.82) is 0 Å². The first-order valence-corrected chi connectivity index (χ1v) is 9.47. The molecule has 0 aliphatic rings. The van der Waals surface area contributed by atoms with Crippen LogP contribution in [-0.4, -0.2) is 46.4 Å². The van der Waals surface area contributed by atoms with E-state index in [2.05, 4.69) is 5.32 Å². The number of carbonyl (C=O) groups excluding carboxylic acids is 1. The van der Waals surface area contributed by atoms with Crippen LogP contribution in [0.1, 0.15) is 20.3 Å². The highest BCUT2D eigenvalue weighted by molar-refractivity contribution is 7.92. The normalized spacial score (nSPS) is 14.1. The number of carbonyl (C=O) groups is 1. The van der Waals surface area contributed by atoms with Crippen LogP contribution in [0.25, 0.3) is 0 Å². The van der Waals surface area contributed by atoms with Crippen molar-refractivity contribution >= 4 is 33.2 Å². The van der Waals surface area contributed by atoms with E-state index in [-0.39, 0.29) is 11.9 Å². The maximum atomic E-state index is 12.5. The molecule has 0 radical (unpaired) electrons. The van der Waals surface area contributed by atoms with E-state index in [1.165, 1.54) is 13.2 Å². The Kier molecular flexibility index (Phi) is 7.31. The Morgan fingerprint density at radius 3 is 2.57 bits per heavy atom. The van der Waals surface area contributed by atoms with E-state index < -0.39 is 16.1 Å². The highest BCUT2D eigenvalue weighted by atomic mass is 35.5. The molecule has 0 heterocycles. The zero-order valence-electron chi connectivity index (χ0n) is 13.7. The predicted molar refractivity (Wildman–Crippen MR) is 92.3 cm³/mol. The lowest BCUT2D eigenvalue weighted by Gasteiger charge is -2.31. The van der Waals surface area contributed by atoms with Crippen LogP contribution in [0.4, 0.5) is 5.69 Å². The Balaban J connectivity index is 3.16. The third-order valence-electron chi connectivity index (χ3n) is 3.20. The second-order valence-corrected chi connectivity index (χ2v) is 7.62. The van der Waals surface area contributed by atoms with Crippen molar-refractivity contribution in [2.75, 3.05) is 24.3 Å². The van der Waals surface area contributed by atoms with Crippen LogP contribution in [0.15, 0.2) is 24.3 Å². The minimum absolute atomic E-state index is 0.220. The number of anilines is 1. The SMILES string of the molecule is CC[C@@H](C(=O)N[C@H](C)COC)N(c1cccc(Cl)c1)S(C)(=O)=O. The number of halogens is 1. The quantitative estimate of drug-likeness (QED) is 0.767. The molecule has 0 aliphatic carbocycles. The molecule has 1 rings (SSSR count). The fourth-order valence-corrected chi connectivity index (χ4v) is 3.69. The Morgan fingerprint density at radius 2 is 2.09 bits per heavy atom. The topological polar surface area (TPSA) is 75.7 Å². The van der Waals surface area contributed by atoms with Crippen LogP contribution in [0.2, 0.25) is 5.02 Å². The van der Waals surface area contributed by atoms with Crippen LogP contribution in [0, 0.1) is 0 Å². The van der Waals surface area contributed by atoms with Crippen LogP contribution >= 0.6 is 11.6 Å². The molecule has 0 fully saturated rings. The van der Waals surface area contributed by atoms with Gasteiger partial charge in [-0.25, -0.2) is 8.42 Å². The fourth-order valence-electron chi connectivity index (χ4n) is 2.30. The van der Waals surface area contributed by atoms with E-state index in [0.29, 0.717) is 23.7 Å². The maximum Gasteiger partial charge on any atom is 0.244 e. The van der Waals surface area contributed by atoms with Gasteiger partial charge in [0.15, 0.2) is 0 Å². The second-order valence-electron chi connectivity index (χ2n) is 5.33. The molecule has 1 aromatic carbocycles. The standard InChI is InChI=1S/C15H23ClN2O4S/c1-5-14(15(19)17-11(2)10-22-3)18(23(4,20)21)13-8-6-7-12(16)9-13/h6-9,11,14H,5,10H2,1-4H3,(H,17,19)/t11-,14+/m1/s1. The Morgan fingerprint density at radius 1 is 1.43 bits per heavy atom. The summed E-state index contributed by atoms with van der Waals surface area (Å²) in [6, 6.07) is 5.35. The second kappa shape index (κ2) is 8.52. The van der Waals surface area contributed by atoms with Crippen molar-refractivity contribution in [3.8, 4) is 0 Å². The lowest BCUT2D eigenvalue weighted by Crippen LogP contribution is -2.51. The number of nitrogens with one attached hydrogen (secondary N) is 1. The molecule has 0 saturated carbocycles. The van der Waals surface area contributed by atoms with Gasteiger partial charge in [0.2, 0.25) is 15.9 Å². The molecule has 1 amide bonds. The minimum atomic E-state index is -3.66. The molecule has 0 bridgehead atoms. The van der Waals surface area contributed by atoms with Gasteiger partial charge in [0, 0.05) is 18.2 Å².